The highest BCUT2D eigenvalue weighted by Gasteiger charge is 2.14. The van der Waals surface area contributed by atoms with Crippen LogP contribution in [0.5, 0.6) is 0 Å². The Kier molecular flexibility index (Phi) is 1.28. The number of ketones is 1. The van der Waals surface area contributed by atoms with Gasteiger partial charge in [-0.25, -0.2) is 0 Å². The van der Waals surface area contributed by atoms with Crippen LogP contribution in [0.15, 0.2) is 0 Å². The SMILES string of the molecule is [3H][N+]1(C)CCC(=O)CC1. The van der Waals surface area contributed by atoms with Crippen LogP contribution in [0, 0.1) is 0 Å². The molecule has 2 heteroatoms. The van der Waals surface area contributed by atoms with Gasteiger partial charge < -0.3 is 4.89 Å². The van der Waals surface area contributed by atoms with Gasteiger partial charge in [-0.05, 0) is 0 Å². The number of likely N-dealkylation sites (tertiary alicyclic amines) is 1. The van der Waals surface area contributed by atoms with Crippen LogP contribution in [0.25, 0.3) is 0 Å². The van der Waals surface area contributed by atoms with Gasteiger partial charge in [0.2, 0.25) is 0 Å². The largest absolute Gasteiger partial charge is 0.347 e. The lowest BCUT2D eigenvalue weighted by molar-refractivity contribution is -0.880. The Morgan fingerprint density at radius 3 is 2.50 bits per heavy atom. The molecule has 1 aliphatic heterocycles. The zero-order valence-corrected chi connectivity index (χ0v) is 5.18. The molecule has 1 aliphatic rings. The van der Waals surface area contributed by atoms with Crippen LogP contribution >= 0.6 is 0 Å². The molecule has 0 aromatic heterocycles. The Morgan fingerprint density at radius 1 is 1.62 bits per heavy atom. The molecule has 1 fully saturated rings. The predicted molar refractivity (Wildman–Crippen MR) is 30.9 cm³/mol. The normalized spacial score (nSPS) is 29.6. The van der Waals surface area contributed by atoms with Crippen molar-refractivity contribution in [2.24, 2.45) is 0 Å². The molecule has 0 aromatic rings. The fraction of sp³-hybridized carbons (Fsp3) is 0.833. The van der Waals surface area contributed by atoms with Gasteiger partial charge in [-0.1, -0.05) is 0 Å². The summed E-state index contributed by atoms with van der Waals surface area (Å²) >= 11 is 0. The molecule has 0 saturated carbocycles. The van der Waals surface area contributed by atoms with Gasteiger partial charge in [0, 0.05) is 0 Å². The summed E-state index contributed by atoms with van der Waals surface area (Å²) in [5, 5.41) is 0. The molecule has 0 atom stereocenters. The molecule has 0 unspecified atom stereocenters. The number of piperidine rings is 1. The van der Waals surface area contributed by atoms with Crippen LogP contribution < -0.4 is 4.89 Å². The number of carbonyl (C=O) groups is 1. The minimum Gasteiger partial charge on any atom is -0.337 e. The molecule has 1 N–H and O–H groups in total. The van der Waals surface area contributed by atoms with Gasteiger partial charge in [0.25, 0.3) is 0 Å². The molecule has 1 rings (SSSR count). The molecule has 0 aliphatic carbocycles. The predicted octanol–water partition coefficient (Wildman–Crippen LogP) is -1.14. The van der Waals surface area contributed by atoms with E-state index in [9.17, 15) is 4.79 Å². The molecular formula is C6H12NO+. The van der Waals surface area contributed by atoms with Crippen LogP contribution in [0.3, 0.4) is 0 Å². The summed E-state index contributed by atoms with van der Waals surface area (Å²) in [5.41, 5.74) is 0. The maximum Gasteiger partial charge on any atom is 0.347 e. The van der Waals surface area contributed by atoms with E-state index in [-0.39, 0.29) is 4.89 Å². The Labute approximate surface area is 50.9 Å². The Morgan fingerprint density at radius 2 is 2.12 bits per heavy atom. The molecule has 46 valence electrons. The van der Waals surface area contributed by atoms with Gasteiger partial charge in [-0.3, -0.25) is 4.79 Å². The van der Waals surface area contributed by atoms with E-state index in [1.807, 2.05) is 7.05 Å². The first-order chi connectivity index (χ1) is 4.10. The lowest BCUT2D eigenvalue weighted by atomic mass is 10.1. The number of nitrogens with one attached hydrogen (secondary N) is 1. The highest BCUT2D eigenvalue weighted by Crippen LogP contribution is 1.88. The smallest absolute Gasteiger partial charge is 0.337 e. The second kappa shape index (κ2) is 2.27. The first-order valence-corrected chi connectivity index (χ1v) is 2.99. The van der Waals surface area contributed by atoms with Gasteiger partial charge >= 0.3 is 1.41 Å². The molecule has 8 heavy (non-hydrogen) atoms. The number of hydrogen-bond donors (Lipinski definition) is 1. The van der Waals surface area contributed by atoms with Gasteiger partial charge in [0.1, 0.15) is 5.78 Å². The van der Waals surface area contributed by atoms with Gasteiger partial charge in [0.05, 0.1) is 33.0 Å². The number of quaternary nitrogens is 1. The first-order valence-electron chi connectivity index (χ1n) is 3.44. The first kappa shape index (κ1) is 4.50. The lowest BCUT2D eigenvalue weighted by Gasteiger charge is -2.17. The summed E-state index contributed by atoms with van der Waals surface area (Å²) in [5.74, 6) is 0.317. The molecule has 1 saturated heterocycles. The van der Waals surface area contributed by atoms with E-state index in [1.54, 1.807) is 0 Å². The average Bonchev–Trinajstić information content (AvgIpc) is 1.78. The summed E-state index contributed by atoms with van der Waals surface area (Å²) < 4.78 is 7.50. The van der Waals surface area contributed by atoms with E-state index in [0.717, 1.165) is 0 Å². The van der Waals surface area contributed by atoms with Crippen LogP contribution in [-0.2, 0) is 4.79 Å². The fourth-order valence-electron chi connectivity index (χ4n) is 0.868. The molecule has 2 nitrogen and oxygen atoms in total. The summed E-state index contributed by atoms with van der Waals surface area (Å²) in [6, 6.07) is 0. The van der Waals surface area contributed by atoms with E-state index in [2.05, 4.69) is 0 Å². The zero-order chi connectivity index (χ0) is 6.91. The van der Waals surface area contributed by atoms with Crippen molar-refractivity contribution in [2.45, 2.75) is 12.8 Å². The van der Waals surface area contributed by atoms with Gasteiger partial charge in [-0.15, -0.1) is 0 Å². The Bertz CT molecular complexity index is 121. The third kappa shape index (κ3) is 1.30. The van der Waals surface area contributed by atoms with Gasteiger partial charge in [-0.2, -0.15) is 0 Å². The second-order valence-electron chi connectivity index (χ2n) is 2.34. The van der Waals surface area contributed by atoms with Crippen molar-refractivity contribution < 1.29 is 11.1 Å². The summed E-state index contributed by atoms with van der Waals surface area (Å²) in [4.78, 5) is 10.9. The zero-order valence-electron chi connectivity index (χ0n) is 6.18. The van der Waals surface area contributed by atoms with Crippen LogP contribution in [0.1, 0.15) is 12.8 Å². The van der Waals surface area contributed by atoms with E-state index < -0.39 is 0 Å². The Hall–Kier alpha value is -0.370. The maximum atomic E-state index is 10.7. The monoisotopic (exact) mass is 116 g/mol. The van der Waals surface area contributed by atoms with E-state index in [1.165, 1.54) is 0 Å². The van der Waals surface area contributed by atoms with Crippen molar-refractivity contribution in [1.82, 2.24) is 0 Å². The molecule has 0 spiro atoms. The van der Waals surface area contributed by atoms with Crippen molar-refractivity contribution in [3.63, 3.8) is 0 Å². The number of hydrogen-bond acceptors (Lipinski definition) is 1. The van der Waals surface area contributed by atoms with Crippen molar-refractivity contribution in [2.75, 3.05) is 20.1 Å². The third-order valence-electron chi connectivity index (χ3n) is 1.54. The van der Waals surface area contributed by atoms with Crippen molar-refractivity contribution in [3.8, 4) is 0 Å². The summed E-state index contributed by atoms with van der Waals surface area (Å²) in [6.45, 7) is 1.39. The Balaban J connectivity index is 2.44. The summed E-state index contributed by atoms with van der Waals surface area (Å²) in [7, 11) is 1.84. The fourth-order valence-corrected chi connectivity index (χ4v) is 0.868. The molecule has 0 aromatic carbocycles. The highest BCUT2D eigenvalue weighted by atomic mass is 16.1. The second-order valence-corrected chi connectivity index (χ2v) is 2.34. The van der Waals surface area contributed by atoms with E-state index in [4.69, 9.17) is 1.41 Å². The van der Waals surface area contributed by atoms with Crippen LogP contribution in [0.2, 0.25) is 1.41 Å². The topological polar surface area (TPSA) is 21.5 Å². The molecule has 0 bridgehead atoms. The molecule has 1 heterocycles. The van der Waals surface area contributed by atoms with Gasteiger partial charge in [0.15, 0.2) is 0 Å². The van der Waals surface area contributed by atoms with Crippen LogP contribution in [0.4, 0.5) is 0 Å². The van der Waals surface area contributed by atoms with E-state index in [0.29, 0.717) is 31.7 Å². The van der Waals surface area contributed by atoms with Crippen molar-refractivity contribution in [3.05, 3.63) is 0 Å². The molecule has 0 radical (unpaired) electrons. The highest BCUT2D eigenvalue weighted by molar-refractivity contribution is 5.78. The van der Waals surface area contributed by atoms with E-state index >= 15 is 0 Å². The standard InChI is InChI=1S/C6H11NO/c1-7-4-2-6(8)3-5-7/h2-5H2,1H3/p+1/i/hT. The number of carbonyl (C=O) groups excluding carboxylic acids is 1. The van der Waals surface area contributed by atoms with Crippen LogP contribution in [-0.4, -0.2) is 25.9 Å². The molecular weight excluding hydrogens is 102 g/mol. The lowest BCUT2D eigenvalue weighted by Crippen LogP contribution is -3.10. The quantitative estimate of drug-likeness (QED) is 0.424. The average molecular weight is 116 g/mol. The number of Topliss-reactive ketones (excluding diaryl/α,β-unsaturated/α-hetero) is 1. The number of rotatable bonds is 0. The third-order valence-corrected chi connectivity index (χ3v) is 1.54. The van der Waals surface area contributed by atoms with Crippen molar-refractivity contribution >= 4 is 5.78 Å². The minimum atomic E-state index is 0.270. The maximum absolute atomic E-state index is 10.7. The van der Waals surface area contributed by atoms with Crippen molar-refractivity contribution in [1.29, 1.82) is 0 Å². The summed E-state index contributed by atoms with van der Waals surface area (Å²) in [6.07, 6.45) is 1.19. The molecule has 0 amide bonds. The minimum absolute atomic E-state index is 0.270.